The van der Waals surface area contributed by atoms with Crippen molar-refractivity contribution in [2.45, 2.75) is 12.5 Å². The average Bonchev–Trinajstić information content (AvgIpc) is 2.16. The first kappa shape index (κ1) is 11.8. The Morgan fingerprint density at radius 1 is 1.67 bits per heavy atom. The van der Waals surface area contributed by atoms with Gasteiger partial charge in [-0.15, -0.1) is 6.58 Å². The minimum absolute atomic E-state index is 0.238. The van der Waals surface area contributed by atoms with Crippen LogP contribution in [0.1, 0.15) is 18.0 Å². The molecule has 1 rings (SSSR count). The van der Waals surface area contributed by atoms with Crippen LogP contribution in [-0.2, 0) is 0 Å². The Labute approximate surface area is 96.9 Å². The molecule has 0 radical (unpaired) electrons. The fourth-order valence-corrected chi connectivity index (χ4v) is 1.73. The van der Waals surface area contributed by atoms with Gasteiger partial charge in [-0.2, -0.15) is 0 Å². The van der Waals surface area contributed by atoms with Crippen LogP contribution in [0.5, 0.6) is 0 Å². The Kier molecular flexibility index (Phi) is 4.37. The number of rotatable bonds is 4. The Balaban J connectivity index is 2.87. The van der Waals surface area contributed by atoms with E-state index in [1.54, 1.807) is 6.08 Å². The molecule has 0 spiro atoms. The van der Waals surface area contributed by atoms with Crippen LogP contribution in [0.3, 0.4) is 0 Å². The lowest BCUT2D eigenvalue weighted by Gasteiger charge is -2.15. The van der Waals surface area contributed by atoms with E-state index in [1.165, 1.54) is 0 Å². The molecular weight excluding hydrogens is 258 g/mol. The monoisotopic (exact) mass is 269 g/mol. The fourth-order valence-electron chi connectivity index (χ4n) is 1.32. The number of hydrogen-bond donors (Lipinski definition) is 2. The van der Waals surface area contributed by atoms with Crippen molar-refractivity contribution < 1.29 is 9.90 Å². The van der Waals surface area contributed by atoms with Gasteiger partial charge in [-0.05, 0) is 24.1 Å². The molecule has 0 aliphatic heterocycles. The minimum Gasteiger partial charge on any atom is -0.465 e. The highest BCUT2D eigenvalue weighted by Crippen LogP contribution is 2.20. The van der Waals surface area contributed by atoms with Crippen molar-refractivity contribution >= 4 is 22.0 Å². The summed E-state index contributed by atoms with van der Waals surface area (Å²) < 4.78 is 0.932. The molecule has 4 heteroatoms. The van der Waals surface area contributed by atoms with Crippen molar-refractivity contribution in [1.82, 2.24) is 5.32 Å². The molecule has 0 saturated heterocycles. The van der Waals surface area contributed by atoms with Crippen molar-refractivity contribution in [3.8, 4) is 0 Å². The highest BCUT2D eigenvalue weighted by molar-refractivity contribution is 9.10. The first-order valence-corrected chi connectivity index (χ1v) is 5.28. The zero-order valence-corrected chi connectivity index (χ0v) is 9.70. The van der Waals surface area contributed by atoms with E-state index in [9.17, 15) is 4.79 Å². The first-order chi connectivity index (χ1) is 7.13. The highest BCUT2D eigenvalue weighted by atomic mass is 79.9. The highest BCUT2D eigenvalue weighted by Gasteiger charge is 2.12. The van der Waals surface area contributed by atoms with Gasteiger partial charge < -0.3 is 10.4 Å². The molecule has 2 N–H and O–H groups in total. The second-order valence-electron chi connectivity index (χ2n) is 3.08. The van der Waals surface area contributed by atoms with E-state index in [4.69, 9.17) is 5.11 Å². The van der Waals surface area contributed by atoms with Gasteiger partial charge in [-0.1, -0.05) is 34.1 Å². The summed E-state index contributed by atoms with van der Waals surface area (Å²) in [6.07, 6.45) is 1.24. The molecule has 15 heavy (non-hydrogen) atoms. The molecule has 0 bridgehead atoms. The van der Waals surface area contributed by atoms with Gasteiger partial charge in [0.2, 0.25) is 0 Å². The Morgan fingerprint density at radius 3 is 2.93 bits per heavy atom. The zero-order chi connectivity index (χ0) is 11.3. The Morgan fingerprint density at radius 2 is 2.40 bits per heavy atom. The zero-order valence-electron chi connectivity index (χ0n) is 8.11. The predicted molar refractivity (Wildman–Crippen MR) is 62.9 cm³/mol. The molecule has 0 fully saturated rings. The smallest absolute Gasteiger partial charge is 0.405 e. The first-order valence-electron chi connectivity index (χ1n) is 4.49. The van der Waals surface area contributed by atoms with Gasteiger partial charge in [-0.25, -0.2) is 4.79 Å². The topological polar surface area (TPSA) is 49.3 Å². The third kappa shape index (κ3) is 3.75. The summed E-state index contributed by atoms with van der Waals surface area (Å²) in [5.41, 5.74) is 0.923. The second-order valence-corrected chi connectivity index (χ2v) is 4.00. The Bertz CT molecular complexity index is 365. The summed E-state index contributed by atoms with van der Waals surface area (Å²) >= 11 is 3.35. The maximum atomic E-state index is 10.6. The number of halogens is 1. The van der Waals surface area contributed by atoms with Crippen LogP contribution >= 0.6 is 15.9 Å². The second kappa shape index (κ2) is 5.56. The maximum Gasteiger partial charge on any atom is 0.405 e. The lowest BCUT2D eigenvalue weighted by molar-refractivity contribution is 0.190. The van der Waals surface area contributed by atoms with E-state index in [2.05, 4.69) is 27.8 Å². The summed E-state index contributed by atoms with van der Waals surface area (Å²) in [5, 5.41) is 11.1. The Hall–Kier alpha value is -1.29. The van der Waals surface area contributed by atoms with Gasteiger partial charge in [0.05, 0.1) is 6.04 Å². The molecule has 80 valence electrons. The molecule has 0 heterocycles. The van der Waals surface area contributed by atoms with Gasteiger partial charge in [0.15, 0.2) is 0 Å². The predicted octanol–water partition coefficient (Wildman–Crippen LogP) is 3.33. The number of carboxylic acid groups (broad SMARTS) is 1. The summed E-state index contributed by atoms with van der Waals surface area (Å²) in [7, 11) is 0. The average molecular weight is 270 g/mol. The largest absolute Gasteiger partial charge is 0.465 e. The summed E-state index contributed by atoms with van der Waals surface area (Å²) in [4.78, 5) is 10.6. The van der Waals surface area contributed by atoms with Crippen LogP contribution in [0.4, 0.5) is 4.79 Å². The number of benzene rings is 1. The van der Waals surface area contributed by atoms with Crippen molar-refractivity contribution in [2.24, 2.45) is 0 Å². The van der Waals surface area contributed by atoms with E-state index < -0.39 is 6.09 Å². The molecule has 1 amide bonds. The van der Waals surface area contributed by atoms with Gasteiger partial charge in [0, 0.05) is 4.47 Å². The quantitative estimate of drug-likeness (QED) is 0.824. The molecular formula is C11H12BrNO2. The van der Waals surface area contributed by atoms with Crippen molar-refractivity contribution in [2.75, 3.05) is 0 Å². The molecule has 0 saturated carbocycles. The molecule has 1 aromatic carbocycles. The lowest BCUT2D eigenvalue weighted by atomic mass is 10.0. The molecule has 0 aromatic heterocycles. The molecule has 0 aliphatic carbocycles. The van der Waals surface area contributed by atoms with Crippen LogP contribution in [-0.4, -0.2) is 11.2 Å². The van der Waals surface area contributed by atoms with Gasteiger partial charge in [0.25, 0.3) is 0 Å². The summed E-state index contributed by atoms with van der Waals surface area (Å²) in [6, 6.07) is 7.31. The van der Waals surface area contributed by atoms with E-state index in [0.717, 1.165) is 10.0 Å². The molecule has 3 nitrogen and oxygen atoms in total. The minimum atomic E-state index is -1.03. The number of nitrogens with one attached hydrogen (secondary N) is 1. The van der Waals surface area contributed by atoms with Crippen molar-refractivity contribution in [3.63, 3.8) is 0 Å². The van der Waals surface area contributed by atoms with Gasteiger partial charge >= 0.3 is 6.09 Å². The standard InChI is InChI=1S/C11H12BrNO2/c1-2-4-10(13-11(14)15)8-5-3-6-9(12)7-8/h2-3,5-7,10,13H,1,4H2,(H,14,15). The normalized spacial score (nSPS) is 11.8. The fraction of sp³-hybridized carbons (Fsp3) is 0.182. The molecule has 0 aliphatic rings. The number of carbonyl (C=O) groups is 1. The van der Waals surface area contributed by atoms with E-state index >= 15 is 0 Å². The number of hydrogen-bond acceptors (Lipinski definition) is 1. The maximum absolute atomic E-state index is 10.6. The van der Waals surface area contributed by atoms with Gasteiger partial charge in [0.1, 0.15) is 0 Å². The number of amides is 1. The molecule has 1 unspecified atom stereocenters. The van der Waals surface area contributed by atoms with Crippen LogP contribution < -0.4 is 5.32 Å². The van der Waals surface area contributed by atoms with Crippen LogP contribution in [0.2, 0.25) is 0 Å². The lowest BCUT2D eigenvalue weighted by Crippen LogP contribution is -2.26. The molecule has 1 aromatic rings. The van der Waals surface area contributed by atoms with Crippen LogP contribution in [0.15, 0.2) is 41.4 Å². The van der Waals surface area contributed by atoms with E-state index in [0.29, 0.717) is 6.42 Å². The van der Waals surface area contributed by atoms with Crippen molar-refractivity contribution in [1.29, 1.82) is 0 Å². The van der Waals surface area contributed by atoms with Crippen LogP contribution in [0, 0.1) is 0 Å². The van der Waals surface area contributed by atoms with E-state index in [-0.39, 0.29) is 6.04 Å². The summed E-state index contributed by atoms with van der Waals surface area (Å²) in [6.45, 7) is 3.61. The van der Waals surface area contributed by atoms with Crippen molar-refractivity contribution in [3.05, 3.63) is 47.0 Å². The molecule has 1 atom stereocenters. The van der Waals surface area contributed by atoms with E-state index in [1.807, 2.05) is 24.3 Å². The third-order valence-corrected chi connectivity index (χ3v) is 2.44. The third-order valence-electron chi connectivity index (χ3n) is 1.95. The van der Waals surface area contributed by atoms with Crippen LogP contribution in [0.25, 0.3) is 0 Å². The SMILES string of the molecule is C=CCC(NC(=O)O)c1cccc(Br)c1. The summed E-state index contributed by atoms with van der Waals surface area (Å²) in [5.74, 6) is 0. The van der Waals surface area contributed by atoms with Gasteiger partial charge in [-0.3, -0.25) is 0 Å².